The summed E-state index contributed by atoms with van der Waals surface area (Å²) in [6, 6.07) is 4.47. The van der Waals surface area contributed by atoms with Gasteiger partial charge in [0.25, 0.3) is 0 Å². The standard InChI is InChI=1S/C7H5BBrClF3O/c9-5-1-2-6(10)7(3-5)14-4-8(11,12)13/h1-3H,4H2/q-1. The number of hydrogen-bond acceptors (Lipinski definition) is 1. The summed E-state index contributed by atoms with van der Waals surface area (Å²) in [7, 11) is 0. The van der Waals surface area contributed by atoms with Crippen LogP contribution < -0.4 is 4.74 Å². The molecule has 0 bridgehead atoms. The first kappa shape index (κ1) is 11.7. The Labute approximate surface area is 92.4 Å². The van der Waals surface area contributed by atoms with Gasteiger partial charge in [-0.1, -0.05) is 27.5 Å². The second kappa shape index (κ2) is 4.44. The SMILES string of the molecule is F[B-](F)(F)COc1cc(Br)ccc1Cl. The van der Waals surface area contributed by atoms with Crippen molar-refractivity contribution in [1.29, 1.82) is 0 Å². The van der Waals surface area contributed by atoms with Crippen molar-refractivity contribution in [3.8, 4) is 5.75 Å². The van der Waals surface area contributed by atoms with Crippen molar-refractivity contribution in [1.82, 2.24) is 0 Å². The Hall–Kier alpha value is -0.355. The smallest absolute Gasteiger partial charge is 0.515 e. The molecule has 1 aromatic rings. The lowest BCUT2D eigenvalue weighted by atomic mass is 9.95. The van der Waals surface area contributed by atoms with E-state index >= 15 is 0 Å². The van der Waals surface area contributed by atoms with Gasteiger partial charge in [0, 0.05) is 4.47 Å². The van der Waals surface area contributed by atoms with Crippen molar-refractivity contribution in [3.63, 3.8) is 0 Å². The van der Waals surface area contributed by atoms with E-state index in [1.54, 1.807) is 6.07 Å². The lowest BCUT2D eigenvalue weighted by molar-refractivity contribution is 0.313. The molecule has 0 aliphatic carbocycles. The van der Waals surface area contributed by atoms with E-state index in [1.165, 1.54) is 12.1 Å². The Kier molecular flexibility index (Phi) is 3.72. The minimum absolute atomic E-state index is 0.0280. The van der Waals surface area contributed by atoms with Crippen LogP contribution in [0.15, 0.2) is 22.7 Å². The van der Waals surface area contributed by atoms with Crippen molar-refractivity contribution in [2.75, 3.05) is 6.51 Å². The van der Waals surface area contributed by atoms with Crippen LogP contribution in [0.3, 0.4) is 0 Å². The zero-order chi connectivity index (χ0) is 10.8. The van der Waals surface area contributed by atoms with E-state index < -0.39 is 13.5 Å². The molecule has 1 nitrogen and oxygen atoms in total. The summed E-state index contributed by atoms with van der Waals surface area (Å²) >= 11 is 8.72. The molecule has 0 unspecified atom stereocenters. The van der Waals surface area contributed by atoms with Crippen molar-refractivity contribution in [2.45, 2.75) is 0 Å². The highest BCUT2D eigenvalue weighted by Crippen LogP contribution is 2.28. The summed E-state index contributed by atoms with van der Waals surface area (Å²) in [6.45, 7) is -6.23. The van der Waals surface area contributed by atoms with Crippen LogP contribution in [0.1, 0.15) is 0 Å². The molecule has 0 saturated heterocycles. The highest BCUT2D eigenvalue weighted by molar-refractivity contribution is 9.10. The van der Waals surface area contributed by atoms with Crippen molar-refractivity contribution >= 4 is 34.5 Å². The Morgan fingerprint density at radius 2 is 2.00 bits per heavy atom. The third-order valence-corrected chi connectivity index (χ3v) is 2.13. The first-order chi connectivity index (χ1) is 6.38. The summed E-state index contributed by atoms with van der Waals surface area (Å²) < 4.78 is 40.7. The van der Waals surface area contributed by atoms with Gasteiger partial charge in [-0.15, -0.1) is 0 Å². The van der Waals surface area contributed by atoms with Gasteiger partial charge in [-0.3, -0.25) is 0 Å². The monoisotopic (exact) mass is 287 g/mol. The van der Waals surface area contributed by atoms with E-state index in [1.807, 2.05) is 0 Å². The molecule has 0 saturated carbocycles. The molecule has 0 spiro atoms. The topological polar surface area (TPSA) is 9.23 Å². The van der Waals surface area contributed by atoms with E-state index in [0.29, 0.717) is 4.47 Å². The minimum Gasteiger partial charge on any atom is -0.520 e. The highest BCUT2D eigenvalue weighted by atomic mass is 79.9. The normalized spacial score (nSPS) is 11.5. The van der Waals surface area contributed by atoms with Gasteiger partial charge >= 0.3 is 6.98 Å². The zero-order valence-electron chi connectivity index (χ0n) is 6.81. The van der Waals surface area contributed by atoms with Crippen LogP contribution in [-0.2, 0) is 0 Å². The van der Waals surface area contributed by atoms with Crippen molar-refractivity contribution < 1.29 is 17.7 Å². The van der Waals surface area contributed by atoms with Gasteiger partial charge < -0.3 is 17.7 Å². The van der Waals surface area contributed by atoms with E-state index in [9.17, 15) is 12.9 Å². The van der Waals surface area contributed by atoms with Crippen LogP contribution in [0.2, 0.25) is 5.02 Å². The summed E-state index contributed by atoms with van der Waals surface area (Å²) in [5, 5.41) is 0.160. The quantitative estimate of drug-likeness (QED) is 0.767. The Morgan fingerprint density at radius 1 is 1.36 bits per heavy atom. The fourth-order valence-corrected chi connectivity index (χ4v) is 1.28. The molecule has 1 aromatic carbocycles. The molecule has 0 atom stereocenters. The molecule has 0 fully saturated rings. The Morgan fingerprint density at radius 3 is 2.57 bits per heavy atom. The minimum atomic E-state index is -4.95. The Balaban J connectivity index is 2.72. The third kappa shape index (κ3) is 3.80. The third-order valence-electron chi connectivity index (χ3n) is 1.32. The highest BCUT2D eigenvalue weighted by Gasteiger charge is 2.24. The fourth-order valence-electron chi connectivity index (χ4n) is 0.772. The maximum absolute atomic E-state index is 11.9. The van der Waals surface area contributed by atoms with Crippen LogP contribution in [-0.4, -0.2) is 13.5 Å². The molecular formula is C7H5BBrClF3O-. The molecular weight excluding hydrogens is 283 g/mol. The van der Waals surface area contributed by atoms with Gasteiger partial charge in [-0.2, -0.15) is 0 Å². The number of hydrogen-bond donors (Lipinski definition) is 0. The van der Waals surface area contributed by atoms with Crippen LogP contribution in [0.4, 0.5) is 12.9 Å². The number of ether oxygens (including phenoxy) is 1. The van der Waals surface area contributed by atoms with Crippen LogP contribution in [0.25, 0.3) is 0 Å². The van der Waals surface area contributed by atoms with Gasteiger partial charge in [-0.05, 0) is 18.2 Å². The number of halogens is 5. The Bertz CT molecular complexity index is 331. The lowest BCUT2D eigenvalue weighted by Crippen LogP contribution is -2.26. The average molecular weight is 288 g/mol. The van der Waals surface area contributed by atoms with Gasteiger partial charge in [-0.25, -0.2) is 0 Å². The van der Waals surface area contributed by atoms with E-state index in [4.69, 9.17) is 11.6 Å². The maximum atomic E-state index is 11.9. The molecule has 0 aromatic heterocycles. The van der Waals surface area contributed by atoms with Crippen molar-refractivity contribution in [2.24, 2.45) is 0 Å². The average Bonchev–Trinajstić information content (AvgIpc) is 2.05. The van der Waals surface area contributed by atoms with E-state index in [-0.39, 0.29) is 10.8 Å². The van der Waals surface area contributed by atoms with Gasteiger partial charge in [0.1, 0.15) is 5.75 Å². The van der Waals surface area contributed by atoms with E-state index in [0.717, 1.165) is 0 Å². The fraction of sp³-hybridized carbons (Fsp3) is 0.143. The summed E-state index contributed by atoms with van der Waals surface area (Å²) in [5.74, 6) is 0.0280. The first-order valence-electron chi connectivity index (χ1n) is 3.67. The van der Waals surface area contributed by atoms with Gasteiger partial charge in [0.05, 0.1) is 11.5 Å². The molecule has 78 valence electrons. The number of rotatable bonds is 3. The zero-order valence-corrected chi connectivity index (χ0v) is 9.16. The molecule has 0 heterocycles. The first-order valence-corrected chi connectivity index (χ1v) is 4.84. The van der Waals surface area contributed by atoms with Crippen LogP contribution in [0.5, 0.6) is 5.75 Å². The molecule has 0 amide bonds. The molecule has 0 N–H and O–H groups in total. The predicted molar refractivity (Wildman–Crippen MR) is 53.7 cm³/mol. The molecule has 7 heteroatoms. The maximum Gasteiger partial charge on any atom is 0.515 e. The second-order valence-electron chi connectivity index (χ2n) is 2.60. The van der Waals surface area contributed by atoms with E-state index in [2.05, 4.69) is 20.7 Å². The summed E-state index contributed by atoms with van der Waals surface area (Å²) in [5.41, 5.74) is 0. The molecule has 0 aliphatic rings. The number of benzene rings is 1. The van der Waals surface area contributed by atoms with Crippen molar-refractivity contribution in [3.05, 3.63) is 27.7 Å². The molecule has 1 rings (SSSR count). The largest absolute Gasteiger partial charge is 0.520 e. The predicted octanol–water partition coefficient (Wildman–Crippen LogP) is 3.87. The van der Waals surface area contributed by atoms with Crippen LogP contribution >= 0.6 is 27.5 Å². The summed E-state index contributed by atoms with van der Waals surface area (Å²) in [6.07, 6.45) is 0. The second-order valence-corrected chi connectivity index (χ2v) is 3.92. The summed E-state index contributed by atoms with van der Waals surface area (Å²) in [4.78, 5) is 0. The molecule has 14 heavy (non-hydrogen) atoms. The molecule has 0 radical (unpaired) electrons. The van der Waals surface area contributed by atoms with Crippen LogP contribution in [0, 0.1) is 0 Å². The lowest BCUT2D eigenvalue weighted by Gasteiger charge is -2.15. The van der Waals surface area contributed by atoms with Gasteiger partial charge in [0.15, 0.2) is 0 Å². The molecule has 0 aliphatic heterocycles. The van der Waals surface area contributed by atoms with Gasteiger partial charge in [0.2, 0.25) is 0 Å².